The van der Waals surface area contributed by atoms with Gasteiger partial charge in [0.1, 0.15) is 14.1 Å². The van der Waals surface area contributed by atoms with Crippen molar-refractivity contribution >= 4 is 5.71 Å². The lowest BCUT2D eigenvalue weighted by atomic mass is 9.89. The Morgan fingerprint density at radius 2 is 1.50 bits per heavy atom. The summed E-state index contributed by atoms with van der Waals surface area (Å²) in [5.41, 5.74) is 1.64. The molecule has 0 bridgehead atoms. The molecule has 0 atom stereocenters. The van der Waals surface area contributed by atoms with Gasteiger partial charge in [-0.15, -0.1) is 0 Å². The zero-order valence-corrected chi connectivity index (χ0v) is 9.35. The average molecular weight is 170 g/mol. The predicted octanol–water partition coefficient (Wildman–Crippen LogP) is 2.94. The average Bonchev–Trinajstić information content (AvgIpc) is 2.09. The zero-order chi connectivity index (χ0) is 9.56. The van der Waals surface area contributed by atoms with Crippen LogP contribution in [-0.4, -0.2) is 24.4 Å². The highest BCUT2D eigenvalue weighted by Gasteiger charge is 2.17. The van der Waals surface area contributed by atoms with Crippen LogP contribution in [0.3, 0.4) is 0 Å². The van der Waals surface area contributed by atoms with Gasteiger partial charge in [0, 0.05) is 12.8 Å². The summed E-state index contributed by atoms with van der Waals surface area (Å²) in [6.07, 6.45) is 5.45. The Balaban J connectivity index is 0.000000561. The highest BCUT2D eigenvalue weighted by molar-refractivity contribution is 5.80. The molecule has 1 aliphatic carbocycles. The van der Waals surface area contributed by atoms with Crippen LogP contribution in [0.25, 0.3) is 0 Å². The van der Waals surface area contributed by atoms with E-state index in [1.54, 1.807) is 5.71 Å². The molecule has 1 heteroatoms. The monoisotopic (exact) mass is 170 g/mol. The van der Waals surface area contributed by atoms with Gasteiger partial charge in [0.2, 0.25) is 0 Å². The minimum atomic E-state index is 0.962. The van der Waals surface area contributed by atoms with E-state index < -0.39 is 0 Å². The van der Waals surface area contributed by atoms with Crippen molar-refractivity contribution in [3.63, 3.8) is 0 Å². The van der Waals surface area contributed by atoms with Gasteiger partial charge < -0.3 is 0 Å². The van der Waals surface area contributed by atoms with Crippen molar-refractivity contribution in [3.8, 4) is 0 Å². The van der Waals surface area contributed by atoms with Crippen molar-refractivity contribution in [1.82, 2.24) is 0 Å². The molecular weight excluding hydrogens is 146 g/mol. The van der Waals surface area contributed by atoms with Crippen molar-refractivity contribution in [2.75, 3.05) is 14.1 Å². The summed E-state index contributed by atoms with van der Waals surface area (Å²) in [6, 6.07) is 0. The molecule has 1 saturated carbocycles. The van der Waals surface area contributed by atoms with Crippen LogP contribution in [-0.2, 0) is 0 Å². The maximum Gasteiger partial charge on any atom is 0.151 e. The van der Waals surface area contributed by atoms with Crippen molar-refractivity contribution in [2.45, 2.75) is 46.5 Å². The lowest BCUT2D eigenvalue weighted by Crippen LogP contribution is -2.19. The quantitative estimate of drug-likeness (QED) is 0.492. The van der Waals surface area contributed by atoms with E-state index in [-0.39, 0.29) is 0 Å². The molecule has 0 spiro atoms. The third-order valence-corrected chi connectivity index (χ3v) is 2.48. The maximum absolute atomic E-state index is 2.35. The second-order valence-corrected chi connectivity index (χ2v) is 3.64. The van der Waals surface area contributed by atoms with Crippen molar-refractivity contribution in [1.29, 1.82) is 0 Å². The highest BCUT2D eigenvalue weighted by Crippen LogP contribution is 2.20. The highest BCUT2D eigenvalue weighted by atomic mass is 14.9. The largest absolute Gasteiger partial charge is 0.242 e. The summed E-state index contributed by atoms with van der Waals surface area (Å²) in [5, 5.41) is 0. The molecule has 0 N–H and O–H groups in total. The first-order valence-corrected chi connectivity index (χ1v) is 5.22. The van der Waals surface area contributed by atoms with Crippen molar-refractivity contribution in [3.05, 3.63) is 0 Å². The van der Waals surface area contributed by atoms with Gasteiger partial charge in [0.15, 0.2) is 5.71 Å². The van der Waals surface area contributed by atoms with Crippen LogP contribution in [0.15, 0.2) is 0 Å². The fraction of sp³-hybridized carbons (Fsp3) is 0.909. The fourth-order valence-corrected chi connectivity index (χ4v) is 1.54. The molecule has 1 nitrogen and oxygen atoms in total. The van der Waals surface area contributed by atoms with Gasteiger partial charge >= 0.3 is 0 Å². The molecule has 72 valence electrons. The van der Waals surface area contributed by atoms with E-state index in [1.807, 2.05) is 13.8 Å². The number of hydrogen-bond acceptors (Lipinski definition) is 0. The lowest BCUT2D eigenvalue weighted by Gasteiger charge is -2.16. The Bertz CT molecular complexity index is 133. The molecule has 0 saturated heterocycles. The van der Waals surface area contributed by atoms with E-state index in [0.29, 0.717) is 0 Å². The Morgan fingerprint density at radius 3 is 1.83 bits per heavy atom. The van der Waals surface area contributed by atoms with E-state index in [0.717, 1.165) is 5.92 Å². The van der Waals surface area contributed by atoms with Crippen LogP contribution in [0.5, 0.6) is 0 Å². The Morgan fingerprint density at radius 1 is 1.08 bits per heavy atom. The zero-order valence-electron chi connectivity index (χ0n) is 9.35. The molecule has 0 aromatic heterocycles. The number of hydrogen-bond donors (Lipinski definition) is 0. The van der Waals surface area contributed by atoms with Crippen molar-refractivity contribution in [2.24, 2.45) is 5.92 Å². The molecule has 1 fully saturated rings. The summed E-state index contributed by atoms with van der Waals surface area (Å²) in [5.74, 6) is 0.962. The topological polar surface area (TPSA) is 3.01 Å². The van der Waals surface area contributed by atoms with E-state index in [1.165, 1.54) is 25.7 Å². The second-order valence-electron chi connectivity index (χ2n) is 3.64. The minimum Gasteiger partial charge on any atom is -0.242 e. The standard InChI is InChI=1S/C9H18N.C2H6/c1-8-4-6-9(7-5-8)10(2)3;1-2/h8H,4-7H2,1-3H3;1-2H3/q+1;. The van der Waals surface area contributed by atoms with Gasteiger partial charge in [0.05, 0.1) is 0 Å². The van der Waals surface area contributed by atoms with E-state index >= 15 is 0 Å². The normalized spacial score (nSPS) is 22.8. The summed E-state index contributed by atoms with van der Waals surface area (Å²) in [7, 11) is 4.32. The summed E-state index contributed by atoms with van der Waals surface area (Å²) in [6.45, 7) is 6.35. The molecule has 12 heavy (non-hydrogen) atoms. The Kier molecular flexibility index (Phi) is 6.04. The number of nitrogens with zero attached hydrogens (tertiary/aromatic N) is 1. The van der Waals surface area contributed by atoms with Crippen LogP contribution in [0.4, 0.5) is 0 Å². The summed E-state index contributed by atoms with van der Waals surface area (Å²) < 4.78 is 2.28. The molecule has 0 radical (unpaired) electrons. The molecule has 1 rings (SSSR count). The summed E-state index contributed by atoms with van der Waals surface area (Å²) in [4.78, 5) is 0. The fourth-order valence-electron chi connectivity index (χ4n) is 1.54. The van der Waals surface area contributed by atoms with Crippen LogP contribution < -0.4 is 0 Å². The summed E-state index contributed by atoms with van der Waals surface area (Å²) >= 11 is 0. The lowest BCUT2D eigenvalue weighted by molar-refractivity contribution is -0.467. The van der Waals surface area contributed by atoms with Gasteiger partial charge in [-0.1, -0.05) is 20.8 Å². The molecular formula is C11H24N+. The maximum atomic E-state index is 2.35. The van der Waals surface area contributed by atoms with Crippen LogP contribution in [0.2, 0.25) is 0 Å². The second kappa shape index (κ2) is 6.22. The van der Waals surface area contributed by atoms with E-state index in [2.05, 4.69) is 25.6 Å². The predicted molar refractivity (Wildman–Crippen MR) is 56.1 cm³/mol. The molecule has 0 heterocycles. The first kappa shape index (κ1) is 11.7. The SMILES string of the molecule is CC.CC1CCC(=[N+](C)C)CC1. The van der Waals surface area contributed by atoms with E-state index in [4.69, 9.17) is 0 Å². The first-order chi connectivity index (χ1) is 5.70. The third-order valence-electron chi connectivity index (χ3n) is 2.48. The third kappa shape index (κ3) is 3.89. The van der Waals surface area contributed by atoms with Gasteiger partial charge in [-0.05, 0) is 18.8 Å². The van der Waals surface area contributed by atoms with Gasteiger partial charge in [0.25, 0.3) is 0 Å². The Labute approximate surface area is 77.5 Å². The van der Waals surface area contributed by atoms with Crippen molar-refractivity contribution < 1.29 is 4.58 Å². The Hall–Kier alpha value is -0.330. The van der Waals surface area contributed by atoms with Gasteiger partial charge in [-0.2, -0.15) is 0 Å². The molecule has 0 aromatic rings. The molecule has 0 aromatic carbocycles. The van der Waals surface area contributed by atoms with Gasteiger partial charge in [-0.25, -0.2) is 4.58 Å². The van der Waals surface area contributed by atoms with Crippen LogP contribution in [0, 0.1) is 5.92 Å². The molecule has 0 aliphatic heterocycles. The smallest absolute Gasteiger partial charge is 0.151 e. The minimum absolute atomic E-state index is 0.962. The van der Waals surface area contributed by atoms with Crippen LogP contribution >= 0.6 is 0 Å². The number of rotatable bonds is 0. The first-order valence-electron chi connectivity index (χ1n) is 5.22. The molecule has 1 aliphatic rings. The molecule has 0 amide bonds. The van der Waals surface area contributed by atoms with E-state index in [9.17, 15) is 0 Å². The van der Waals surface area contributed by atoms with Crippen LogP contribution in [0.1, 0.15) is 46.5 Å². The van der Waals surface area contributed by atoms with Gasteiger partial charge in [-0.3, -0.25) is 0 Å². The molecule has 0 unspecified atom stereocenters.